The maximum Gasteiger partial charge on any atom is 0.242 e. The van der Waals surface area contributed by atoms with E-state index in [2.05, 4.69) is 5.32 Å². The second-order valence-corrected chi connectivity index (χ2v) is 3.74. The Morgan fingerprint density at radius 3 is 2.71 bits per heavy atom. The van der Waals surface area contributed by atoms with Crippen LogP contribution in [-0.4, -0.2) is 11.3 Å². The van der Waals surface area contributed by atoms with E-state index in [4.69, 9.17) is 11.6 Å². The number of hydrogen-bond acceptors (Lipinski definition) is 1. The van der Waals surface area contributed by atoms with Gasteiger partial charge in [-0.2, -0.15) is 0 Å². The molecule has 2 nitrogen and oxygen atoms in total. The van der Waals surface area contributed by atoms with Gasteiger partial charge < -0.3 is 5.32 Å². The fraction of sp³-hybridized carbons (Fsp3) is 0.300. The van der Waals surface area contributed by atoms with Gasteiger partial charge in [0.05, 0.1) is 5.69 Å². The molecule has 0 aliphatic carbocycles. The van der Waals surface area contributed by atoms with E-state index in [0.717, 1.165) is 5.56 Å². The highest BCUT2D eigenvalue weighted by Crippen LogP contribution is 2.15. The van der Waals surface area contributed by atoms with Gasteiger partial charge in [-0.05, 0) is 31.5 Å². The van der Waals surface area contributed by atoms with Crippen LogP contribution in [0.1, 0.15) is 12.5 Å². The van der Waals surface area contributed by atoms with Crippen LogP contribution in [0.5, 0.6) is 0 Å². The van der Waals surface area contributed by atoms with Crippen molar-refractivity contribution in [2.45, 2.75) is 19.2 Å². The molecule has 1 N–H and O–H groups in total. The topological polar surface area (TPSA) is 29.1 Å². The Balaban J connectivity index is 2.82. The average molecular weight is 216 g/mol. The second-order valence-electron chi connectivity index (χ2n) is 3.09. The zero-order chi connectivity index (χ0) is 10.7. The molecule has 76 valence electrons. The van der Waals surface area contributed by atoms with Crippen LogP contribution < -0.4 is 5.32 Å². The number of amides is 1. The quantitative estimate of drug-likeness (QED) is 0.756. The summed E-state index contributed by atoms with van der Waals surface area (Å²) >= 11 is 5.53. The third-order valence-corrected chi connectivity index (χ3v) is 1.94. The molecule has 1 aromatic rings. The van der Waals surface area contributed by atoms with Crippen LogP contribution in [0.2, 0.25) is 0 Å². The van der Waals surface area contributed by atoms with Gasteiger partial charge in [-0.3, -0.25) is 4.79 Å². The lowest BCUT2D eigenvalue weighted by atomic mass is 10.2. The van der Waals surface area contributed by atoms with Gasteiger partial charge in [0.1, 0.15) is 11.2 Å². The smallest absolute Gasteiger partial charge is 0.242 e. The SMILES string of the molecule is Cc1ccc(NC(=O)C(C)Cl)c(F)c1. The Morgan fingerprint density at radius 1 is 1.57 bits per heavy atom. The number of rotatable bonds is 2. The molecule has 0 bridgehead atoms. The van der Waals surface area contributed by atoms with E-state index in [0.29, 0.717) is 0 Å². The standard InChI is InChI=1S/C10H11ClFNO/c1-6-3-4-9(8(12)5-6)13-10(14)7(2)11/h3-5,7H,1-2H3,(H,13,14). The van der Waals surface area contributed by atoms with Crippen molar-refractivity contribution in [3.05, 3.63) is 29.6 Å². The van der Waals surface area contributed by atoms with Crippen molar-refractivity contribution in [2.24, 2.45) is 0 Å². The molecule has 0 saturated heterocycles. The largest absolute Gasteiger partial charge is 0.322 e. The number of carbonyl (C=O) groups excluding carboxylic acids is 1. The molecule has 1 unspecified atom stereocenters. The predicted octanol–water partition coefficient (Wildman–Crippen LogP) is 2.70. The fourth-order valence-electron chi connectivity index (χ4n) is 0.954. The number of halogens is 2. The molecule has 0 aliphatic heterocycles. The van der Waals surface area contributed by atoms with Crippen LogP contribution in [0, 0.1) is 12.7 Å². The molecule has 0 saturated carbocycles. The van der Waals surface area contributed by atoms with Crippen molar-refractivity contribution >= 4 is 23.2 Å². The molecule has 1 rings (SSSR count). The Hall–Kier alpha value is -1.09. The number of alkyl halides is 1. The van der Waals surface area contributed by atoms with E-state index in [1.165, 1.54) is 19.1 Å². The van der Waals surface area contributed by atoms with E-state index in [-0.39, 0.29) is 5.69 Å². The van der Waals surface area contributed by atoms with Gasteiger partial charge in [0.25, 0.3) is 0 Å². The molecular weight excluding hydrogens is 205 g/mol. The molecule has 1 amide bonds. The third-order valence-electron chi connectivity index (χ3n) is 1.74. The summed E-state index contributed by atoms with van der Waals surface area (Å²) in [5.41, 5.74) is 0.965. The Labute approximate surface area is 87.1 Å². The Bertz CT molecular complexity index is 352. The summed E-state index contributed by atoms with van der Waals surface area (Å²) in [6.45, 7) is 3.31. The molecule has 1 aromatic carbocycles. The van der Waals surface area contributed by atoms with Gasteiger partial charge in [0.2, 0.25) is 5.91 Å². The van der Waals surface area contributed by atoms with Crippen molar-refractivity contribution in [3.8, 4) is 0 Å². The van der Waals surface area contributed by atoms with E-state index >= 15 is 0 Å². The monoisotopic (exact) mass is 215 g/mol. The van der Waals surface area contributed by atoms with Crippen LogP contribution in [0.3, 0.4) is 0 Å². The van der Waals surface area contributed by atoms with Crippen LogP contribution in [-0.2, 0) is 4.79 Å². The molecule has 0 fully saturated rings. The van der Waals surface area contributed by atoms with Gasteiger partial charge in [-0.25, -0.2) is 4.39 Å². The Kier molecular flexibility index (Phi) is 3.47. The number of benzene rings is 1. The molecule has 0 radical (unpaired) electrons. The summed E-state index contributed by atoms with van der Waals surface area (Å²) in [7, 11) is 0. The minimum atomic E-state index is -0.671. The maximum absolute atomic E-state index is 13.2. The first kappa shape index (κ1) is 11.0. The highest BCUT2D eigenvalue weighted by atomic mass is 35.5. The van der Waals surface area contributed by atoms with Crippen LogP contribution in [0.25, 0.3) is 0 Å². The summed E-state index contributed by atoms with van der Waals surface area (Å²) < 4.78 is 13.2. The number of anilines is 1. The first-order valence-corrected chi connectivity index (χ1v) is 4.65. The van der Waals surface area contributed by atoms with Crippen molar-refractivity contribution in [1.82, 2.24) is 0 Å². The van der Waals surface area contributed by atoms with Crippen molar-refractivity contribution < 1.29 is 9.18 Å². The number of aryl methyl sites for hydroxylation is 1. The molecule has 1 atom stereocenters. The second kappa shape index (κ2) is 4.42. The van der Waals surface area contributed by atoms with Gasteiger partial charge in [-0.1, -0.05) is 6.07 Å². The van der Waals surface area contributed by atoms with Gasteiger partial charge in [0, 0.05) is 0 Å². The van der Waals surface area contributed by atoms with Crippen LogP contribution >= 0.6 is 11.6 Å². The summed E-state index contributed by atoms with van der Waals surface area (Å²) in [5.74, 6) is -0.856. The summed E-state index contributed by atoms with van der Waals surface area (Å²) in [5, 5.41) is 1.72. The zero-order valence-electron chi connectivity index (χ0n) is 7.97. The summed E-state index contributed by atoms with van der Waals surface area (Å²) in [6, 6.07) is 4.59. The molecule has 0 heterocycles. The Morgan fingerprint density at radius 2 is 2.21 bits per heavy atom. The molecule has 4 heteroatoms. The van der Waals surface area contributed by atoms with Gasteiger partial charge in [-0.15, -0.1) is 11.6 Å². The minimum absolute atomic E-state index is 0.160. The van der Waals surface area contributed by atoms with Crippen LogP contribution in [0.15, 0.2) is 18.2 Å². The lowest BCUT2D eigenvalue weighted by molar-refractivity contribution is -0.115. The van der Waals surface area contributed by atoms with E-state index in [1.807, 2.05) is 0 Å². The normalized spacial score (nSPS) is 12.3. The fourth-order valence-corrected chi connectivity index (χ4v) is 1.01. The molecule has 0 aliphatic rings. The number of nitrogens with one attached hydrogen (secondary N) is 1. The van der Waals surface area contributed by atoms with E-state index in [1.54, 1.807) is 13.0 Å². The average Bonchev–Trinajstić information content (AvgIpc) is 2.09. The molecule has 14 heavy (non-hydrogen) atoms. The molecule has 0 spiro atoms. The number of hydrogen-bond donors (Lipinski definition) is 1. The van der Waals surface area contributed by atoms with E-state index in [9.17, 15) is 9.18 Å². The third kappa shape index (κ3) is 2.70. The lowest BCUT2D eigenvalue weighted by Gasteiger charge is -2.07. The van der Waals surface area contributed by atoms with Gasteiger partial charge in [0.15, 0.2) is 0 Å². The van der Waals surface area contributed by atoms with Crippen LogP contribution in [0.4, 0.5) is 10.1 Å². The first-order chi connectivity index (χ1) is 6.50. The van der Waals surface area contributed by atoms with Crippen molar-refractivity contribution in [2.75, 3.05) is 5.32 Å². The van der Waals surface area contributed by atoms with Gasteiger partial charge >= 0.3 is 0 Å². The first-order valence-electron chi connectivity index (χ1n) is 4.22. The molecule has 0 aromatic heterocycles. The zero-order valence-corrected chi connectivity index (χ0v) is 8.73. The lowest BCUT2D eigenvalue weighted by Crippen LogP contribution is -2.20. The minimum Gasteiger partial charge on any atom is -0.322 e. The number of carbonyl (C=O) groups is 1. The summed E-state index contributed by atoms with van der Waals surface area (Å²) in [6.07, 6.45) is 0. The van der Waals surface area contributed by atoms with Crippen molar-refractivity contribution in [1.29, 1.82) is 0 Å². The van der Waals surface area contributed by atoms with E-state index < -0.39 is 17.1 Å². The predicted molar refractivity (Wildman–Crippen MR) is 55.1 cm³/mol. The highest BCUT2D eigenvalue weighted by molar-refractivity contribution is 6.32. The maximum atomic E-state index is 13.2. The van der Waals surface area contributed by atoms with Crippen molar-refractivity contribution in [3.63, 3.8) is 0 Å². The highest BCUT2D eigenvalue weighted by Gasteiger charge is 2.11. The summed E-state index contributed by atoms with van der Waals surface area (Å²) in [4.78, 5) is 11.1. The molecular formula is C10H11ClFNO.